The van der Waals surface area contributed by atoms with Crippen LogP contribution in [-0.4, -0.2) is 25.2 Å². The van der Waals surface area contributed by atoms with Crippen molar-refractivity contribution in [2.75, 3.05) is 13.2 Å². The largest absolute Gasteiger partial charge is 0.466 e. The number of carbonyl (C=O) groups excluding carboxylic acids is 1. The molecule has 0 rings (SSSR count). The molecule has 1 atom stereocenters. The number of rotatable bonds is 8. The minimum Gasteiger partial charge on any atom is -0.466 e. The second-order valence-electron chi connectivity index (χ2n) is 3.42. The van der Waals surface area contributed by atoms with Gasteiger partial charge in [-0.05, 0) is 26.3 Å². The molecule has 0 radical (unpaired) electrons. The van der Waals surface area contributed by atoms with Gasteiger partial charge in [-0.25, -0.2) is 0 Å². The normalized spacial score (nSPS) is 12.5. The molecule has 0 saturated heterocycles. The van der Waals surface area contributed by atoms with Gasteiger partial charge in [0, 0.05) is 6.04 Å². The van der Waals surface area contributed by atoms with Gasteiger partial charge < -0.3 is 10.1 Å². The highest BCUT2D eigenvalue weighted by Crippen LogP contribution is 2.00. The zero-order valence-corrected chi connectivity index (χ0v) is 9.64. The van der Waals surface area contributed by atoms with Crippen LogP contribution >= 0.6 is 0 Å². The molecule has 0 unspecified atom stereocenters. The van der Waals surface area contributed by atoms with Crippen molar-refractivity contribution >= 4 is 5.97 Å². The Kier molecular flexibility index (Phi) is 8.64. The Labute approximate surface area is 87.2 Å². The zero-order valence-electron chi connectivity index (χ0n) is 9.64. The molecule has 3 nitrogen and oxygen atoms in total. The summed E-state index contributed by atoms with van der Waals surface area (Å²) in [6, 6.07) is 0.278. The monoisotopic (exact) mass is 201 g/mol. The first-order valence-corrected chi connectivity index (χ1v) is 5.63. The summed E-state index contributed by atoms with van der Waals surface area (Å²) in [6.07, 6.45) is 3.82. The van der Waals surface area contributed by atoms with Gasteiger partial charge in [0.25, 0.3) is 0 Å². The lowest BCUT2D eigenvalue weighted by Crippen LogP contribution is -2.32. The number of unbranched alkanes of at least 4 members (excludes halogenated alkanes) is 1. The van der Waals surface area contributed by atoms with Crippen molar-refractivity contribution in [1.29, 1.82) is 0 Å². The molecule has 0 bridgehead atoms. The average molecular weight is 201 g/mol. The van der Waals surface area contributed by atoms with Crippen LogP contribution in [0.1, 0.15) is 46.5 Å². The highest BCUT2D eigenvalue weighted by molar-refractivity contribution is 5.70. The number of nitrogens with one attached hydrogen (secondary N) is 1. The number of esters is 1. The van der Waals surface area contributed by atoms with E-state index in [2.05, 4.69) is 19.2 Å². The molecule has 0 aliphatic heterocycles. The van der Waals surface area contributed by atoms with E-state index in [1.54, 1.807) is 0 Å². The van der Waals surface area contributed by atoms with E-state index in [0.717, 1.165) is 13.0 Å². The summed E-state index contributed by atoms with van der Waals surface area (Å²) in [7, 11) is 0. The fraction of sp³-hybridized carbons (Fsp3) is 0.909. The van der Waals surface area contributed by atoms with E-state index in [9.17, 15) is 4.79 Å². The van der Waals surface area contributed by atoms with Crippen molar-refractivity contribution in [1.82, 2.24) is 5.32 Å². The van der Waals surface area contributed by atoms with Gasteiger partial charge in [0.05, 0.1) is 13.0 Å². The molecular formula is C11H23NO2. The van der Waals surface area contributed by atoms with Gasteiger partial charge in [0.1, 0.15) is 0 Å². The van der Waals surface area contributed by atoms with Crippen molar-refractivity contribution in [3.8, 4) is 0 Å². The van der Waals surface area contributed by atoms with Gasteiger partial charge in [0.2, 0.25) is 0 Å². The lowest BCUT2D eigenvalue weighted by Gasteiger charge is -2.15. The predicted octanol–water partition coefficient (Wildman–Crippen LogP) is 2.11. The van der Waals surface area contributed by atoms with Gasteiger partial charge in [-0.1, -0.05) is 20.3 Å². The van der Waals surface area contributed by atoms with Crippen LogP contribution in [0.4, 0.5) is 0 Å². The minimum absolute atomic E-state index is 0.0941. The van der Waals surface area contributed by atoms with E-state index in [1.165, 1.54) is 12.8 Å². The van der Waals surface area contributed by atoms with E-state index < -0.39 is 0 Å². The van der Waals surface area contributed by atoms with Crippen molar-refractivity contribution in [2.24, 2.45) is 0 Å². The quantitative estimate of drug-likeness (QED) is 0.483. The van der Waals surface area contributed by atoms with Crippen LogP contribution in [0.3, 0.4) is 0 Å². The molecule has 0 aliphatic carbocycles. The molecule has 0 amide bonds. The van der Waals surface area contributed by atoms with Crippen LogP contribution in [0.2, 0.25) is 0 Å². The maximum Gasteiger partial charge on any atom is 0.307 e. The molecule has 0 saturated carbocycles. The Morgan fingerprint density at radius 1 is 1.36 bits per heavy atom. The Hall–Kier alpha value is -0.570. The van der Waals surface area contributed by atoms with Crippen molar-refractivity contribution < 1.29 is 9.53 Å². The average Bonchev–Trinajstić information content (AvgIpc) is 2.17. The van der Waals surface area contributed by atoms with Crippen molar-refractivity contribution in [2.45, 2.75) is 52.5 Å². The highest BCUT2D eigenvalue weighted by Gasteiger charge is 2.11. The SMILES string of the molecule is CCCCN[C@H](CC)CC(=O)OCC. The summed E-state index contributed by atoms with van der Waals surface area (Å²) in [5.41, 5.74) is 0. The van der Waals surface area contributed by atoms with E-state index in [4.69, 9.17) is 4.74 Å². The second-order valence-corrected chi connectivity index (χ2v) is 3.42. The van der Waals surface area contributed by atoms with Gasteiger partial charge >= 0.3 is 5.97 Å². The molecule has 0 aliphatic rings. The Balaban J connectivity index is 3.61. The third-order valence-corrected chi connectivity index (χ3v) is 2.17. The molecule has 0 aromatic carbocycles. The molecule has 0 fully saturated rings. The van der Waals surface area contributed by atoms with E-state index in [-0.39, 0.29) is 12.0 Å². The molecule has 0 aromatic heterocycles. The van der Waals surface area contributed by atoms with Crippen LogP contribution < -0.4 is 5.32 Å². The number of carbonyl (C=O) groups is 1. The Morgan fingerprint density at radius 3 is 2.57 bits per heavy atom. The lowest BCUT2D eigenvalue weighted by molar-refractivity contribution is -0.143. The van der Waals surface area contributed by atoms with E-state index >= 15 is 0 Å². The van der Waals surface area contributed by atoms with Gasteiger partial charge in [-0.2, -0.15) is 0 Å². The first-order valence-electron chi connectivity index (χ1n) is 5.63. The van der Waals surface area contributed by atoms with E-state index in [0.29, 0.717) is 13.0 Å². The number of ether oxygens (including phenoxy) is 1. The summed E-state index contributed by atoms with van der Waals surface area (Å²) in [4.78, 5) is 11.2. The maximum absolute atomic E-state index is 11.2. The summed E-state index contributed by atoms with van der Waals surface area (Å²) in [6.45, 7) is 7.55. The molecule has 0 aromatic rings. The number of hydrogen-bond acceptors (Lipinski definition) is 3. The van der Waals surface area contributed by atoms with E-state index in [1.807, 2.05) is 6.92 Å². The van der Waals surface area contributed by atoms with Gasteiger partial charge in [0.15, 0.2) is 0 Å². The van der Waals surface area contributed by atoms with Crippen molar-refractivity contribution in [3.05, 3.63) is 0 Å². The lowest BCUT2D eigenvalue weighted by atomic mass is 10.1. The fourth-order valence-electron chi connectivity index (χ4n) is 1.26. The van der Waals surface area contributed by atoms with Crippen LogP contribution in [0.25, 0.3) is 0 Å². The Bertz CT molecular complexity index is 148. The molecule has 14 heavy (non-hydrogen) atoms. The predicted molar refractivity (Wildman–Crippen MR) is 58.2 cm³/mol. The standard InChI is InChI=1S/C11H23NO2/c1-4-7-8-12-10(5-2)9-11(13)14-6-3/h10,12H,4-9H2,1-3H3/t10-/m1/s1. The first-order chi connectivity index (χ1) is 6.74. The summed E-state index contributed by atoms with van der Waals surface area (Å²) in [5, 5.41) is 3.36. The smallest absolute Gasteiger partial charge is 0.307 e. The molecule has 84 valence electrons. The second kappa shape index (κ2) is 9.00. The topological polar surface area (TPSA) is 38.3 Å². The third-order valence-electron chi connectivity index (χ3n) is 2.17. The Morgan fingerprint density at radius 2 is 2.07 bits per heavy atom. The molecule has 1 N–H and O–H groups in total. The van der Waals surface area contributed by atoms with Crippen LogP contribution in [0, 0.1) is 0 Å². The van der Waals surface area contributed by atoms with Crippen LogP contribution in [-0.2, 0) is 9.53 Å². The molecular weight excluding hydrogens is 178 g/mol. The van der Waals surface area contributed by atoms with Gasteiger partial charge in [-0.3, -0.25) is 4.79 Å². The molecule has 0 heterocycles. The maximum atomic E-state index is 11.2. The summed E-state index contributed by atoms with van der Waals surface area (Å²) in [5.74, 6) is -0.0941. The third kappa shape index (κ3) is 6.89. The fourth-order valence-corrected chi connectivity index (χ4v) is 1.26. The first kappa shape index (κ1) is 13.4. The van der Waals surface area contributed by atoms with Crippen molar-refractivity contribution in [3.63, 3.8) is 0 Å². The zero-order chi connectivity index (χ0) is 10.8. The minimum atomic E-state index is -0.0941. The highest BCUT2D eigenvalue weighted by atomic mass is 16.5. The summed E-state index contributed by atoms with van der Waals surface area (Å²) >= 11 is 0. The van der Waals surface area contributed by atoms with Gasteiger partial charge in [-0.15, -0.1) is 0 Å². The van der Waals surface area contributed by atoms with Crippen LogP contribution in [0.15, 0.2) is 0 Å². The van der Waals surface area contributed by atoms with Crippen LogP contribution in [0.5, 0.6) is 0 Å². The molecule has 3 heteroatoms. The number of hydrogen-bond donors (Lipinski definition) is 1. The summed E-state index contributed by atoms with van der Waals surface area (Å²) < 4.78 is 4.90. The molecule has 0 spiro atoms.